The number of ether oxygens (including phenoxy) is 3. The standard InChI is InChI=1S/C20H26FN3O3/c1-4-25-16-9-10-19(26-5-2)18(12-16)24-20(22)23-13-14(3)27-17-8-6-7-15(21)11-17/h6-12,14H,4-5,13H2,1-3H3,(H3,22,23,24). The summed E-state index contributed by atoms with van der Waals surface area (Å²) in [6.07, 6.45) is -0.270. The average molecular weight is 375 g/mol. The fraction of sp³-hybridized carbons (Fsp3) is 0.350. The summed E-state index contributed by atoms with van der Waals surface area (Å²) in [4.78, 5) is 4.28. The maximum atomic E-state index is 13.2. The first kappa shape index (κ1) is 20.4. The fourth-order valence-electron chi connectivity index (χ4n) is 2.36. The van der Waals surface area contributed by atoms with Crippen LogP contribution in [0.2, 0.25) is 0 Å². The van der Waals surface area contributed by atoms with Gasteiger partial charge in [0.05, 0.1) is 25.4 Å². The second kappa shape index (κ2) is 10.3. The van der Waals surface area contributed by atoms with Crippen molar-refractivity contribution < 1.29 is 18.6 Å². The number of nitrogens with zero attached hydrogens (tertiary/aromatic N) is 1. The first-order chi connectivity index (χ1) is 13.0. The minimum absolute atomic E-state index is 0.222. The molecule has 0 radical (unpaired) electrons. The highest BCUT2D eigenvalue weighted by Crippen LogP contribution is 2.29. The van der Waals surface area contributed by atoms with Crippen molar-refractivity contribution in [2.75, 3.05) is 25.1 Å². The second-order valence-electron chi connectivity index (χ2n) is 5.76. The summed E-state index contributed by atoms with van der Waals surface area (Å²) in [7, 11) is 0. The van der Waals surface area contributed by atoms with Gasteiger partial charge in [0.1, 0.15) is 29.2 Å². The van der Waals surface area contributed by atoms with E-state index in [-0.39, 0.29) is 17.9 Å². The van der Waals surface area contributed by atoms with Crippen molar-refractivity contribution in [2.45, 2.75) is 26.9 Å². The summed E-state index contributed by atoms with van der Waals surface area (Å²) in [5.41, 5.74) is 6.66. The van der Waals surface area contributed by atoms with Crippen molar-refractivity contribution >= 4 is 11.6 Å². The number of aliphatic imine (C=N–C) groups is 1. The molecule has 0 aliphatic heterocycles. The summed E-state index contributed by atoms with van der Waals surface area (Å²) < 4.78 is 29.9. The number of guanidine groups is 1. The van der Waals surface area contributed by atoms with E-state index in [2.05, 4.69) is 10.3 Å². The lowest BCUT2D eigenvalue weighted by Crippen LogP contribution is -2.26. The molecule has 6 nitrogen and oxygen atoms in total. The van der Waals surface area contributed by atoms with Crippen LogP contribution in [-0.4, -0.2) is 31.8 Å². The number of rotatable bonds is 9. The predicted octanol–water partition coefficient (Wildman–Crippen LogP) is 3.82. The zero-order valence-electron chi connectivity index (χ0n) is 15.9. The highest BCUT2D eigenvalue weighted by Gasteiger charge is 2.08. The van der Waals surface area contributed by atoms with E-state index in [1.165, 1.54) is 12.1 Å². The normalized spacial score (nSPS) is 12.4. The minimum atomic E-state index is -0.345. The molecule has 2 aromatic rings. The monoisotopic (exact) mass is 375 g/mol. The summed E-state index contributed by atoms with van der Waals surface area (Å²) in [6.45, 7) is 7.06. The number of hydrogen-bond acceptors (Lipinski definition) is 4. The van der Waals surface area contributed by atoms with E-state index in [1.807, 2.05) is 39.0 Å². The molecule has 0 heterocycles. The van der Waals surface area contributed by atoms with Gasteiger partial charge in [0.15, 0.2) is 5.96 Å². The van der Waals surface area contributed by atoms with E-state index in [4.69, 9.17) is 19.9 Å². The quantitative estimate of drug-likeness (QED) is 0.515. The zero-order chi connectivity index (χ0) is 19.6. The Labute approximate surface area is 159 Å². The topological polar surface area (TPSA) is 78.1 Å². The lowest BCUT2D eigenvalue weighted by Gasteiger charge is -2.15. The van der Waals surface area contributed by atoms with Crippen molar-refractivity contribution in [1.29, 1.82) is 0 Å². The van der Waals surface area contributed by atoms with Crippen LogP contribution in [0, 0.1) is 5.82 Å². The Morgan fingerprint density at radius 1 is 1.11 bits per heavy atom. The molecule has 146 valence electrons. The molecule has 0 aliphatic carbocycles. The zero-order valence-corrected chi connectivity index (χ0v) is 15.9. The van der Waals surface area contributed by atoms with Crippen LogP contribution < -0.4 is 25.3 Å². The molecule has 0 saturated carbocycles. The third kappa shape index (κ3) is 6.69. The fourth-order valence-corrected chi connectivity index (χ4v) is 2.36. The number of anilines is 1. The van der Waals surface area contributed by atoms with Gasteiger partial charge in [0, 0.05) is 12.1 Å². The molecule has 0 aromatic heterocycles. The molecular formula is C20H26FN3O3. The van der Waals surface area contributed by atoms with Crippen LogP contribution in [0.25, 0.3) is 0 Å². The number of halogens is 1. The first-order valence-corrected chi connectivity index (χ1v) is 8.90. The van der Waals surface area contributed by atoms with Gasteiger partial charge in [-0.1, -0.05) is 6.07 Å². The Bertz CT molecular complexity index is 768. The molecule has 27 heavy (non-hydrogen) atoms. The first-order valence-electron chi connectivity index (χ1n) is 8.90. The van der Waals surface area contributed by atoms with Crippen molar-refractivity contribution in [3.63, 3.8) is 0 Å². The number of hydrogen-bond donors (Lipinski definition) is 2. The molecule has 7 heteroatoms. The van der Waals surface area contributed by atoms with Crippen LogP contribution in [0.15, 0.2) is 47.5 Å². The highest BCUT2D eigenvalue weighted by atomic mass is 19.1. The molecule has 0 amide bonds. The van der Waals surface area contributed by atoms with Gasteiger partial charge < -0.3 is 25.3 Å². The number of nitrogens with one attached hydrogen (secondary N) is 1. The smallest absolute Gasteiger partial charge is 0.193 e. The van der Waals surface area contributed by atoms with E-state index in [9.17, 15) is 4.39 Å². The average Bonchev–Trinajstić information content (AvgIpc) is 2.62. The maximum Gasteiger partial charge on any atom is 0.193 e. The highest BCUT2D eigenvalue weighted by molar-refractivity contribution is 5.94. The largest absolute Gasteiger partial charge is 0.494 e. The van der Waals surface area contributed by atoms with Crippen LogP contribution in [0.5, 0.6) is 17.2 Å². The van der Waals surface area contributed by atoms with Gasteiger partial charge >= 0.3 is 0 Å². The Morgan fingerprint density at radius 2 is 1.89 bits per heavy atom. The number of nitrogens with two attached hydrogens (primary N) is 1. The Hall–Kier alpha value is -2.96. The summed E-state index contributed by atoms with van der Waals surface area (Å²) in [5.74, 6) is 1.69. The number of benzene rings is 2. The molecule has 0 aliphatic rings. The molecule has 1 atom stereocenters. The van der Waals surface area contributed by atoms with Gasteiger partial charge in [-0.15, -0.1) is 0 Å². The van der Waals surface area contributed by atoms with Crippen molar-refractivity contribution in [3.8, 4) is 17.2 Å². The van der Waals surface area contributed by atoms with Gasteiger partial charge in [0.2, 0.25) is 0 Å². The van der Waals surface area contributed by atoms with Crippen LogP contribution in [-0.2, 0) is 0 Å². The molecule has 0 saturated heterocycles. The molecule has 2 rings (SSSR count). The lowest BCUT2D eigenvalue weighted by molar-refractivity contribution is 0.229. The van der Waals surface area contributed by atoms with Crippen molar-refractivity contribution in [2.24, 2.45) is 10.7 Å². The summed E-state index contributed by atoms with van der Waals surface area (Å²) in [6, 6.07) is 11.4. The molecule has 1 unspecified atom stereocenters. The molecule has 0 fully saturated rings. The van der Waals surface area contributed by atoms with Crippen molar-refractivity contribution in [3.05, 3.63) is 48.3 Å². The van der Waals surface area contributed by atoms with Crippen LogP contribution >= 0.6 is 0 Å². The van der Waals surface area contributed by atoms with Crippen LogP contribution in [0.3, 0.4) is 0 Å². The molecular weight excluding hydrogens is 349 g/mol. The van der Waals surface area contributed by atoms with Crippen LogP contribution in [0.4, 0.5) is 10.1 Å². The predicted molar refractivity (Wildman–Crippen MR) is 105 cm³/mol. The second-order valence-corrected chi connectivity index (χ2v) is 5.76. The SMILES string of the molecule is CCOc1ccc(OCC)c(NC(N)=NCC(C)Oc2cccc(F)c2)c1. The van der Waals surface area contributed by atoms with E-state index in [1.54, 1.807) is 12.1 Å². The van der Waals surface area contributed by atoms with Gasteiger partial charge in [-0.25, -0.2) is 9.38 Å². The van der Waals surface area contributed by atoms with E-state index in [0.717, 1.165) is 0 Å². The van der Waals surface area contributed by atoms with Gasteiger partial charge in [-0.2, -0.15) is 0 Å². The van der Waals surface area contributed by atoms with Crippen LogP contribution in [0.1, 0.15) is 20.8 Å². The Kier molecular flexibility index (Phi) is 7.73. The Morgan fingerprint density at radius 3 is 2.59 bits per heavy atom. The van der Waals surface area contributed by atoms with Gasteiger partial charge in [0.25, 0.3) is 0 Å². The van der Waals surface area contributed by atoms with E-state index >= 15 is 0 Å². The third-order valence-corrected chi connectivity index (χ3v) is 3.48. The Balaban J connectivity index is 2.00. The molecule has 2 aromatic carbocycles. The minimum Gasteiger partial charge on any atom is -0.494 e. The van der Waals surface area contributed by atoms with Crippen molar-refractivity contribution in [1.82, 2.24) is 0 Å². The lowest BCUT2D eigenvalue weighted by atomic mass is 10.2. The molecule has 0 spiro atoms. The van der Waals surface area contributed by atoms with E-state index in [0.29, 0.717) is 42.7 Å². The van der Waals surface area contributed by atoms with E-state index < -0.39 is 0 Å². The molecule has 0 bridgehead atoms. The summed E-state index contributed by atoms with van der Waals surface area (Å²) in [5, 5.41) is 3.03. The van der Waals surface area contributed by atoms with Gasteiger partial charge in [-0.3, -0.25) is 0 Å². The van der Waals surface area contributed by atoms with Gasteiger partial charge in [-0.05, 0) is 45.0 Å². The maximum absolute atomic E-state index is 13.2. The summed E-state index contributed by atoms with van der Waals surface area (Å²) >= 11 is 0. The third-order valence-electron chi connectivity index (χ3n) is 3.48. The molecule has 3 N–H and O–H groups in total.